The van der Waals surface area contributed by atoms with Gasteiger partial charge in [0.25, 0.3) is 0 Å². The van der Waals surface area contributed by atoms with Crippen molar-refractivity contribution < 1.29 is 34.0 Å². The maximum atomic E-state index is 10.5. The third kappa shape index (κ3) is 9.69. The van der Waals surface area contributed by atoms with Crippen LogP contribution in [0.4, 0.5) is 0 Å². The highest BCUT2D eigenvalue weighted by Crippen LogP contribution is 2.41. The van der Waals surface area contributed by atoms with Crippen molar-refractivity contribution in [2.45, 2.75) is 63.6 Å². The van der Waals surface area contributed by atoms with E-state index in [-0.39, 0.29) is 5.48 Å². The predicted molar refractivity (Wildman–Crippen MR) is 249 cm³/mol. The number of rotatable bonds is 12. The van der Waals surface area contributed by atoms with Gasteiger partial charge in [0, 0.05) is 32.2 Å². The van der Waals surface area contributed by atoms with Crippen molar-refractivity contribution >= 4 is 64.8 Å². The highest BCUT2D eigenvalue weighted by molar-refractivity contribution is 7.19. The Morgan fingerprint density at radius 2 is 0.967 bits per heavy atom. The lowest BCUT2D eigenvalue weighted by Gasteiger charge is -2.33. The molecule has 0 spiro atoms. The fourth-order valence-corrected chi connectivity index (χ4v) is 11.9. The Hall–Kier alpha value is -4.72. The van der Waals surface area contributed by atoms with Crippen LogP contribution in [0, 0.1) is 13.8 Å². The van der Waals surface area contributed by atoms with E-state index in [1.807, 2.05) is 71.2 Å². The molecular weight excluding hydrogens is 805 g/mol. The molecule has 6 heterocycles. The van der Waals surface area contributed by atoms with Gasteiger partial charge in [-0.05, 0) is 148 Å². The number of nitrogens with zero attached hydrogens (tertiary/aromatic N) is 2. The molecule has 0 aliphatic carbocycles. The van der Waals surface area contributed by atoms with Crippen molar-refractivity contribution in [1.82, 2.24) is 9.80 Å². The molecule has 1 unspecified atom stereocenters. The third-order valence-corrected chi connectivity index (χ3v) is 15.3. The summed E-state index contributed by atoms with van der Waals surface area (Å²) in [5.74, 6) is 2.79. The van der Waals surface area contributed by atoms with Crippen LogP contribution in [0.5, 0.6) is 11.5 Å². The molecule has 8 aromatic rings. The van der Waals surface area contributed by atoms with E-state index in [0.29, 0.717) is 38.1 Å². The number of aryl methyl sites for hydroxylation is 2. The molecule has 2 aliphatic heterocycles. The normalized spacial score (nSPS) is 16.7. The van der Waals surface area contributed by atoms with E-state index in [0.717, 1.165) is 85.3 Å². The van der Waals surface area contributed by atoms with Crippen LogP contribution >= 0.6 is 22.7 Å². The van der Waals surface area contributed by atoms with Crippen LogP contribution in [0.2, 0.25) is 0 Å². The number of fused-ring (bicyclic) bond motifs is 4. The van der Waals surface area contributed by atoms with E-state index in [9.17, 15) is 10.2 Å². The van der Waals surface area contributed by atoms with Gasteiger partial charge in [-0.25, -0.2) is 0 Å². The van der Waals surface area contributed by atoms with Crippen LogP contribution in [-0.4, -0.2) is 90.2 Å². The summed E-state index contributed by atoms with van der Waals surface area (Å²) in [6.45, 7) is 10.5. The van der Waals surface area contributed by atoms with Crippen LogP contribution < -0.4 is 9.47 Å². The number of piperidine rings is 2. The summed E-state index contributed by atoms with van der Waals surface area (Å²) in [6, 6.07) is 32.7. The first kappa shape index (κ1) is 42.9. The molecule has 320 valence electrons. The summed E-state index contributed by atoms with van der Waals surface area (Å²) in [5.41, 5.74) is 4.52. The smallest absolute Gasteiger partial charge is 0.137 e. The maximum absolute atomic E-state index is 10.5. The lowest BCUT2D eigenvalue weighted by molar-refractivity contribution is 0.0599. The molecule has 2 saturated heterocycles. The van der Waals surface area contributed by atoms with Crippen molar-refractivity contribution in [1.29, 1.82) is 0 Å². The molecule has 0 radical (unpaired) electrons. The molecule has 9 nitrogen and oxygen atoms in total. The van der Waals surface area contributed by atoms with E-state index >= 15 is 0 Å². The molecule has 10 rings (SSSR count). The summed E-state index contributed by atoms with van der Waals surface area (Å²) in [7, 11) is 0. The second-order valence-corrected chi connectivity index (χ2v) is 18.6. The molecule has 0 saturated carbocycles. The summed E-state index contributed by atoms with van der Waals surface area (Å²) >= 11 is 3.91. The SMILES string of the molecule is Cc1c(C2CCN(CC(O)COc3cccc4occc34)CC2)sc2ccccc12.Cc1c(C2CCN(C[C@H](O)COc3cccc4occc34)CC2)sc2ccccc12.O. The number of β-amino-alcohol motifs (C(OH)–C–C–N with tert-alkyl or cyclic N) is 2. The van der Waals surface area contributed by atoms with Crippen LogP contribution in [-0.2, 0) is 0 Å². The van der Waals surface area contributed by atoms with Crippen LogP contribution in [0.25, 0.3) is 42.1 Å². The number of benzene rings is 4. The molecule has 2 fully saturated rings. The van der Waals surface area contributed by atoms with Gasteiger partial charge in [0.15, 0.2) is 0 Å². The zero-order valence-corrected chi connectivity index (χ0v) is 36.6. The minimum Gasteiger partial charge on any atom is -0.490 e. The highest BCUT2D eigenvalue weighted by atomic mass is 32.1. The summed E-state index contributed by atoms with van der Waals surface area (Å²) < 4.78 is 25.4. The molecule has 2 aliphatic rings. The van der Waals surface area contributed by atoms with Gasteiger partial charge in [0.05, 0.1) is 23.3 Å². The van der Waals surface area contributed by atoms with Crippen molar-refractivity contribution in [2.24, 2.45) is 0 Å². The minimum absolute atomic E-state index is 0. The number of aliphatic hydroxyl groups is 2. The van der Waals surface area contributed by atoms with Crippen molar-refractivity contribution in [3.8, 4) is 11.5 Å². The van der Waals surface area contributed by atoms with Gasteiger partial charge < -0.3 is 43.8 Å². The number of furan rings is 2. The number of aliphatic hydroxyl groups excluding tert-OH is 2. The van der Waals surface area contributed by atoms with Gasteiger partial charge in [-0.3, -0.25) is 0 Å². The zero-order valence-electron chi connectivity index (χ0n) is 34.9. The van der Waals surface area contributed by atoms with Gasteiger partial charge in [0.2, 0.25) is 0 Å². The van der Waals surface area contributed by atoms with E-state index < -0.39 is 12.2 Å². The Morgan fingerprint density at radius 1 is 0.557 bits per heavy atom. The second kappa shape index (κ2) is 19.5. The largest absolute Gasteiger partial charge is 0.490 e. The van der Waals surface area contributed by atoms with Gasteiger partial charge in [-0.1, -0.05) is 48.5 Å². The Kier molecular flexibility index (Phi) is 13.8. The maximum Gasteiger partial charge on any atom is 0.137 e. The molecular formula is C50H56N2O7S2. The minimum atomic E-state index is -0.505. The van der Waals surface area contributed by atoms with Crippen molar-refractivity contribution in [3.05, 3.63) is 130 Å². The summed E-state index contributed by atoms with van der Waals surface area (Å²) in [6.07, 6.45) is 6.91. The zero-order chi connectivity index (χ0) is 41.0. The Labute approximate surface area is 365 Å². The van der Waals surface area contributed by atoms with E-state index in [1.165, 1.54) is 31.3 Å². The number of thiophene rings is 2. The number of ether oxygens (including phenoxy) is 2. The summed E-state index contributed by atoms with van der Waals surface area (Å²) in [5, 5.41) is 25.7. The van der Waals surface area contributed by atoms with Gasteiger partial charge >= 0.3 is 0 Å². The Balaban J connectivity index is 0.000000166. The second-order valence-electron chi connectivity index (χ2n) is 16.4. The Bertz CT molecular complexity index is 2460. The van der Waals surface area contributed by atoms with Crippen LogP contribution in [0.15, 0.2) is 118 Å². The first-order chi connectivity index (χ1) is 29.4. The molecule has 4 aromatic heterocycles. The molecule has 4 aromatic carbocycles. The topological polar surface area (TPSA) is 123 Å². The monoisotopic (exact) mass is 860 g/mol. The van der Waals surface area contributed by atoms with E-state index in [2.05, 4.69) is 72.2 Å². The predicted octanol–water partition coefficient (Wildman–Crippen LogP) is 10.3. The number of hydrogen-bond acceptors (Lipinski definition) is 10. The van der Waals surface area contributed by atoms with Gasteiger partial charge in [0.1, 0.15) is 48.1 Å². The molecule has 0 bridgehead atoms. The number of likely N-dealkylation sites (tertiary alicyclic amines) is 2. The fraction of sp³-hybridized carbons (Fsp3) is 0.360. The van der Waals surface area contributed by atoms with Crippen LogP contribution in [0.3, 0.4) is 0 Å². The van der Waals surface area contributed by atoms with Crippen LogP contribution in [0.1, 0.15) is 58.4 Å². The highest BCUT2D eigenvalue weighted by Gasteiger charge is 2.27. The first-order valence-corrected chi connectivity index (χ1v) is 23.0. The third-order valence-electron chi connectivity index (χ3n) is 12.4. The quantitative estimate of drug-likeness (QED) is 0.125. The first-order valence-electron chi connectivity index (χ1n) is 21.3. The average molecular weight is 861 g/mol. The van der Waals surface area contributed by atoms with E-state index in [1.54, 1.807) is 22.3 Å². The molecule has 4 N–H and O–H groups in total. The Morgan fingerprint density at radius 3 is 1.38 bits per heavy atom. The van der Waals surface area contributed by atoms with Crippen molar-refractivity contribution in [2.75, 3.05) is 52.5 Å². The standard InChI is InChI=1S/2C25H27NO3S.H2O/c2*1-17-20-5-2-3-8-24(20)30-25(17)18-9-12-26(13-10-18)15-19(27)16-29-23-7-4-6-22-21(23)11-14-28-22;/h2*2-8,11,14,18-19,27H,9-10,12-13,15-16H2,1H3;1H2/t19-;;/m0../s1. The molecule has 0 amide bonds. The van der Waals surface area contributed by atoms with Crippen molar-refractivity contribution in [3.63, 3.8) is 0 Å². The fourth-order valence-electron chi connectivity index (χ4n) is 9.18. The molecule has 11 heteroatoms. The lowest BCUT2D eigenvalue weighted by atomic mass is 9.92. The molecule has 61 heavy (non-hydrogen) atoms. The lowest BCUT2D eigenvalue weighted by Crippen LogP contribution is -2.40. The average Bonchev–Trinajstić information content (AvgIpc) is 4.10. The summed E-state index contributed by atoms with van der Waals surface area (Å²) in [4.78, 5) is 7.83. The van der Waals surface area contributed by atoms with Gasteiger partial charge in [-0.2, -0.15) is 0 Å². The number of hydrogen-bond donors (Lipinski definition) is 2. The van der Waals surface area contributed by atoms with Gasteiger partial charge in [-0.15, -0.1) is 22.7 Å². The molecule has 2 atom stereocenters. The van der Waals surface area contributed by atoms with E-state index in [4.69, 9.17) is 18.3 Å².